The highest BCUT2D eigenvalue weighted by molar-refractivity contribution is 7.95. The largest absolute Gasteiger partial charge is 0.454 e. The molecule has 8 nitrogen and oxygen atoms in total. The highest BCUT2D eigenvalue weighted by Crippen LogP contribution is 2.34. The Balaban J connectivity index is 1.60. The van der Waals surface area contributed by atoms with E-state index in [4.69, 9.17) is 20.9 Å². The first-order valence-corrected chi connectivity index (χ1v) is 11.9. The summed E-state index contributed by atoms with van der Waals surface area (Å²) in [5.74, 6) is 0.913. The van der Waals surface area contributed by atoms with E-state index in [0.717, 1.165) is 26.2 Å². The fraction of sp³-hybridized carbons (Fsp3) is 0.524. The molecule has 0 aliphatic carbocycles. The molecule has 1 saturated heterocycles. The molecule has 3 rings (SSSR count). The van der Waals surface area contributed by atoms with Gasteiger partial charge < -0.3 is 20.9 Å². The van der Waals surface area contributed by atoms with Gasteiger partial charge in [-0.15, -0.1) is 0 Å². The fourth-order valence-corrected chi connectivity index (χ4v) is 4.89. The van der Waals surface area contributed by atoms with Crippen LogP contribution in [-0.2, 0) is 9.84 Å². The van der Waals surface area contributed by atoms with E-state index in [1.54, 1.807) is 12.1 Å². The Hall–Kier alpha value is -2.23. The van der Waals surface area contributed by atoms with E-state index in [1.807, 2.05) is 0 Å². The van der Waals surface area contributed by atoms with Crippen LogP contribution in [0.15, 0.2) is 46.0 Å². The maximum atomic E-state index is 12.7. The van der Waals surface area contributed by atoms with Crippen LogP contribution < -0.4 is 20.9 Å². The van der Waals surface area contributed by atoms with Gasteiger partial charge >= 0.3 is 0 Å². The zero-order chi connectivity index (χ0) is 21.7. The van der Waals surface area contributed by atoms with Crippen LogP contribution in [0.2, 0.25) is 0 Å². The molecule has 0 spiro atoms. The van der Waals surface area contributed by atoms with Gasteiger partial charge in [-0.3, -0.25) is 9.80 Å². The number of rotatable bonds is 8. The summed E-state index contributed by atoms with van der Waals surface area (Å²) >= 11 is 0. The van der Waals surface area contributed by atoms with Crippen molar-refractivity contribution in [3.05, 3.63) is 41.1 Å². The lowest BCUT2D eigenvalue weighted by Gasteiger charge is -2.38. The molecular weight excluding hydrogens is 404 g/mol. The summed E-state index contributed by atoms with van der Waals surface area (Å²) in [6.45, 7) is 9.07. The van der Waals surface area contributed by atoms with Crippen LogP contribution in [-0.4, -0.2) is 63.8 Å². The number of hydrogen-bond donors (Lipinski definition) is 2. The van der Waals surface area contributed by atoms with E-state index in [1.165, 1.54) is 31.1 Å². The third kappa shape index (κ3) is 5.08. The molecule has 30 heavy (non-hydrogen) atoms. The lowest BCUT2D eigenvalue weighted by molar-refractivity contribution is 0.0973. The number of piperazine rings is 1. The smallest absolute Gasteiger partial charge is 0.231 e. The van der Waals surface area contributed by atoms with Gasteiger partial charge in [-0.05, 0) is 37.1 Å². The summed E-state index contributed by atoms with van der Waals surface area (Å²) in [7, 11) is -3.83. The molecule has 166 valence electrons. The lowest BCUT2D eigenvalue weighted by atomic mass is 10.1. The predicted molar refractivity (Wildman–Crippen MR) is 117 cm³/mol. The minimum absolute atomic E-state index is 0.0602. The van der Waals surface area contributed by atoms with E-state index in [0.29, 0.717) is 29.8 Å². The molecule has 0 atom stereocenters. The molecule has 1 aromatic rings. The Morgan fingerprint density at radius 2 is 1.73 bits per heavy atom. The summed E-state index contributed by atoms with van der Waals surface area (Å²) in [6, 6.07) is 5.08. The summed E-state index contributed by atoms with van der Waals surface area (Å²) in [4.78, 5) is 4.87. The number of sulfone groups is 1. The Kier molecular flexibility index (Phi) is 7.27. The molecule has 0 amide bonds. The van der Waals surface area contributed by atoms with Crippen LogP contribution in [0.3, 0.4) is 0 Å². The fourth-order valence-electron chi connectivity index (χ4n) is 3.86. The highest BCUT2D eigenvalue weighted by Gasteiger charge is 2.23. The zero-order valence-electron chi connectivity index (χ0n) is 17.7. The average molecular weight is 437 g/mol. The molecule has 2 aliphatic rings. The van der Waals surface area contributed by atoms with Crippen molar-refractivity contribution >= 4 is 9.84 Å². The Labute approximate surface area is 179 Å². The van der Waals surface area contributed by atoms with Crippen LogP contribution in [0.4, 0.5) is 0 Å². The van der Waals surface area contributed by atoms with E-state index >= 15 is 0 Å². The molecule has 1 fully saturated rings. The molecule has 2 heterocycles. The third-order valence-electron chi connectivity index (χ3n) is 5.70. The predicted octanol–water partition coefficient (Wildman–Crippen LogP) is 1.64. The molecule has 0 aromatic heterocycles. The summed E-state index contributed by atoms with van der Waals surface area (Å²) in [5.41, 5.74) is 12.6. The summed E-state index contributed by atoms with van der Waals surface area (Å²) < 4.78 is 35.9. The van der Waals surface area contributed by atoms with Gasteiger partial charge in [-0.1, -0.05) is 13.8 Å². The summed E-state index contributed by atoms with van der Waals surface area (Å²) in [5, 5.41) is -0.261. The van der Waals surface area contributed by atoms with Crippen LogP contribution in [0.5, 0.6) is 11.5 Å². The molecule has 0 unspecified atom stereocenters. The Morgan fingerprint density at radius 1 is 1.07 bits per heavy atom. The van der Waals surface area contributed by atoms with E-state index in [-0.39, 0.29) is 16.7 Å². The molecule has 2 aliphatic heterocycles. The highest BCUT2D eigenvalue weighted by atomic mass is 32.2. The second kappa shape index (κ2) is 9.72. The number of ether oxygens (including phenoxy) is 2. The molecule has 9 heteroatoms. The number of hydrogen-bond acceptors (Lipinski definition) is 8. The van der Waals surface area contributed by atoms with E-state index in [9.17, 15) is 8.42 Å². The van der Waals surface area contributed by atoms with Gasteiger partial charge in [0.1, 0.15) is 5.03 Å². The van der Waals surface area contributed by atoms with Crippen molar-refractivity contribution in [2.45, 2.75) is 37.6 Å². The van der Waals surface area contributed by atoms with Crippen LogP contribution in [0.1, 0.15) is 26.7 Å². The number of allylic oxidation sites excluding steroid dienone is 2. The third-order valence-corrected chi connectivity index (χ3v) is 7.33. The maximum absolute atomic E-state index is 12.7. The van der Waals surface area contributed by atoms with Crippen molar-refractivity contribution in [2.75, 3.05) is 39.5 Å². The SMILES string of the molecule is CCC(CC)N1CCN(C/C(N)=C/C=C(\N)S(=O)(=O)c2ccc3c(c2)OCO3)CC1. The standard InChI is InChI=1S/C21H32N4O4S/c1-3-17(4-2)25-11-9-24(10-12-25)14-16(22)5-8-21(23)30(26,27)18-6-7-19-20(13-18)29-15-28-19/h5-8,13,17H,3-4,9-12,14-15,22-23H2,1-2H3/b16-5-,21-8+. The minimum atomic E-state index is -3.83. The van der Waals surface area contributed by atoms with Crippen molar-refractivity contribution in [1.82, 2.24) is 9.80 Å². The first kappa shape index (κ1) is 22.5. The molecule has 1 aromatic carbocycles. The minimum Gasteiger partial charge on any atom is -0.454 e. The van der Waals surface area contributed by atoms with Crippen LogP contribution >= 0.6 is 0 Å². The van der Waals surface area contributed by atoms with Gasteiger partial charge in [-0.25, -0.2) is 8.42 Å². The van der Waals surface area contributed by atoms with Crippen LogP contribution in [0, 0.1) is 0 Å². The van der Waals surface area contributed by atoms with Crippen molar-refractivity contribution in [1.29, 1.82) is 0 Å². The van der Waals surface area contributed by atoms with Crippen molar-refractivity contribution in [2.24, 2.45) is 11.5 Å². The van der Waals surface area contributed by atoms with E-state index in [2.05, 4.69) is 23.6 Å². The molecule has 0 bridgehead atoms. The quantitative estimate of drug-likeness (QED) is 0.592. The first-order chi connectivity index (χ1) is 14.3. The summed E-state index contributed by atoms with van der Waals surface area (Å²) in [6.07, 6.45) is 5.27. The second-order valence-corrected chi connectivity index (χ2v) is 9.56. The average Bonchev–Trinajstić information content (AvgIpc) is 3.22. The van der Waals surface area contributed by atoms with Crippen molar-refractivity contribution < 1.29 is 17.9 Å². The lowest BCUT2D eigenvalue weighted by Crippen LogP contribution is -2.50. The topological polar surface area (TPSA) is 111 Å². The van der Waals surface area contributed by atoms with Gasteiger partial charge in [0.2, 0.25) is 16.6 Å². The van der Waals surface area contributed by atoms with Gasteiger partial charge in [-0.2, -0.15) is 0 Å². The molecule has 0 saturated carbocycles. The second-order valence-electron chi connectivity index (χ2n) is 7.61. The number of nitrogens with zero attached hydrogens (tertiary/aromatic N) is 2. The van der Waals surface area contributed by atoms with Gasteiger partial charge in [0, 0.05) is 50.5 Å². The normalized spacial score (nSPS) is 18.9. The van der Waals surface area contributed by atoms with Crippen molar-refractivity contribution in [3.63, 3.8) is 0 Å². The molecular formula is C21H32N4O4S. The monoisotopic (exact) mass is 436 g/mol. The Bertz CT molecular complexity index is 902. The van der Waals surface area contributed by atoms with Gasteiger partial charge in [0.05, 0.1) is 4.90 Å². The maximum Gasteiger partial charge on any atom is 0.231 e. The first-order valence-electron chi connectivity index (χ1n) is 10.4. The van der Waals surface area contributed by atoms with Gasteiger partial charge in [0.25, 0.3) is 0 Å². The number of benzene rings is 1. The van der Waals surface area contributed by atoms with Crippen molar-refractivity contribution in [3.8, 4) is 11.5 Å². The number of fused-ring (bicyclic) bond motifs is 1. The van der Waals surface area contributed by atoms with Gasteiger partial charge in [0.15, 0.2) is 11.5 Å². The zero-order valence-corrected chi connectivity index (χ0v) is 18.5. The van der Waals surface area contributed by atoms with E-state index < -0.39 is 9.84 Å². The Morgan fingerprint density at radius 3 is 2.40 bits per heavy atom. The molecule has 4 N–H and O–H groups in total. The molecule has 0 radical (unpaired) electrons. The number of nitrogens with two attached hydrogens (primary N) is 2. The van der Waals surface area contributed by atoms with Crippen LogP contribution in [0.25, 0.3) is 0 Å².